The molecule has 2 nitrogen and oxygen atoms in total. The van der Waals surface area contributed by atoms with Gasteiger partial charge in [-0.05, 0) is 32.9 Å². The van der Waals surface area contributed by atoms with E-state index in [0.717, 1.165) is 9.35 Å². The molecule has 0 aromatic carbocycles. The Hall–Kier alpha value is -1.08. The van der Waals surface area contributed by atoms with Crippen LogP contribution in [0.5, 0.6) is 0 Å². The van der Waals surface area contributed by atoms with Gasteiger partial charge in [0.1, 0.15) is 0 Å². The first-order chi connectivity index (χ1) is 8.47. The highest BCUT2D eigenvalue weighted by atomic mass is 79.9. The van der Waals surface area contributed by atoms with Crippen LogP contribution in [0, 0.1) is 17.6 Å². The molecule has 2 aromatic heterocycles. The quantitative estimate of drug-likeness (QED) is 0.788. The molecule has 2 heterocycles. The first kappa shape index (κ1) is 13.4. The van der Waals surface area contributed by atoms with Crippen molar-refractivity contribution < 1.29 is 13.2 Å². The van der Waals surface area contributed by atoms with Crippen LogP contribution in [-0.4, -0.2) is 12.0 Å². The number of thiophene rings is 1. The van der Waals surface area contributed by atoms with Gasteiger partial charge in [0.05, 0.1) is 3.79 Å². The first-order valence-electron chi connectivity index (χ1n) is 4.93. The van der Waals surface area contributed by atoms with Gasteiger partial charge in [0.2, 0.25) is 0 Å². The largest absolute Gasteiger partial charge is 0.353 e. The first-order valence-corrected chi connectivity index (χ1v) is 6.60. The Morgan fingerprint density at radius 3 is 2.61 bits per heavy atom. The predicted molar refractivity (Wildman–Crippen MR) is 68.2 cm³/mol. The zero-order valence-electron chi connectivity index (χ0n) is 9.25. The van der Waals surface area contributed by atoms with E-state index in [1.165, 1.54) is 16.2 Å². The van der Waals surface area contributed by atoms with E-state index in [4.69, 9.17) is 0 Å². The molecular weight excluding hydrogens is 329 g/mol. The number of aromatic nitrogens is 1. The second-order valence-corrected chi connectivity index (χ2v) is 5.97. The fourth-order valence-electron chi connectivity index (χ4n) is 1.48. The summed E-state index contributed by atoms with van der Waals surface area (Å²) in [5.74, 6) is -3.69. The van der Waals surface area contributed by atoms with E-state index < -0.39 is 17.6 Å². The van der Waals surface area contributed by atoms with Crippen molar-refractivity contribution in [3.05, 3.63) is 44.4 Å². The van der Waals surface area contributed by atoms with Crippen LogP contribution >= 0.6 is 27.3 Å². The van der Waals surface area contributed by atoms with E-state index in [2.05, 4.69) is 20.9 Å². The van der Waals surface area contributed by atoms with Gasteiger partial charge in [-0.1, -0.05) is 0 Å². The molecule has 0 bridgehead atoms. The normalized spacial score (nSPS) is 10.7. The summed E-state index contributed by atoms with van der Waals surface area (Å²) < 4.78 is 40.2. The molecule has 0 spiro atoms. The SMILES string of the molecule is CN(Cc1csc(Br)c1)c1nc(F)c(F)cc1F. The number of nitrogens with zero attached hydrogens (tertiary/aromatic N) is 2. The number of pyridine rings is 1. The molecule has 0 aliphatic heterocycles. The van der Waals surface area contributed by atoms with Gasteiger partial charge in [-0.25, -0.2) is 8.78 Å². The third-order valence-corrected chi connectivity index (χ3v) is 3.82. The highest BCUT2D eigenvalue weighted by Gasteiger charge is 2.15. The zero-order valence-corrected chi connectivity index (χ0v) is 11.7. The van der Waals surface area contributed by atoms with E-state index >= 15 is 0 Å². The van der Waals surface area contributed by atoms with Gasteiger partial charge in [-0.15, -0.1) is 11.3 Å². The standard InChI is InChI=1S/C11H8BrF3N2S/c1-17(4-6-2-9(12)18-5-6)11-8(14)3-7(13)10(15)16-11/h2-3,5H,4H2,1H3. The van der Waals surface area contributed by atoms with Crippen molar-refractivity contribution in [2.24, 2.45) is 0 Å². The molecule has 7 heteroatoms. The molecule has 0 N–H and O–H groups in total. The second kappa shape index (κ2) is 5.27. The van der Waals surface area contributed by atoms with Gasteiger partial charge in [0.15, 0.2) is 17.5 Å². The van der Waals surface area contributed by atoms with E-state index in [-0.39, 0.29) is 5.82 Å². The van der Waals surface area contributed by atoms with Crippen molar-refractivity contribution in [2.75, 3.05) is 11.9 Å². The van der Waals surface area contributed by atoms with Crippen molar-refractivity contribution in [3.63, 3.8) is 0 Å². The van der Waals surface area contributed by atoms with Crippen molar-refractivity contribution in [2.45, 2.75) is 6.54 Å². The van der Waals surface area contributed by atoms with Crippen LogP contribution in [0.25, 0.3) is 0 Å². The molecule has 2 rings (SSSR count). The van der Waals surface area contributed by atoms with Crippen molar-refractivity contribution >= 4 is 33.1 Å². The fourth-order valence-corrected chi connectivity index (χ4v) is 2.68. The fraction of sp³-hybridized carbons (Fsp3) is 0.182. The Morgan fingerprint density at radius 2 is 2.00 bits per heavy atom. The molecule has 0 saturated heterocycles. The van der Waals surface area contributed by atoms with Crippen LogP contribution in [0.4, 0.5) is 19.0 Å². The summed E-state index contributed by atoms with van der Waals surface area (Å²) in [5.41, 5.74) is 0.931. The zero-order chi connectivity index (χ0) is 13.3. The van der Waals surface area contributed by atoms with Crippen LogP contribution in [0.3, 0.4) is 0 Å². The van der Waals surface area contributed by atoms with E-state index in [0.29, 0.717) is 12.6 Å². The summed E-state index contributed by atoms with van der Waals surface area (Å²) in [6, 6.07) is 2.37. The molecule has 0 radical (unpaired) electrons. The molecule has 0 aliphatic carbocycles. The smallest absolute Gasteiger partial charge is 0.251 e. The third kappa shape index (κ3) is 2.84. The van der Waals surface area contributed by atoms with Gasteiger partial charge in [-0.2, -0.15) is 9.37 Å². The molecule has 0 atom stereocenters. The Morgan fingerprint density at radius 1 is 1.28 bits per heavy atom. The molecular formula is C11H8BrF3N2S. The van der Waals surface area contributed by atoms with Crippen LogP contribution in [0.1, 0.15) is 5.56 Å². The summed E-state index contributed by atoms with van der Waals surface area (Å²) in [4.78, 5) is 4.70. The van der Waals surface area contributed by atoms with Gasteiger partial charge in [0.25, 0.3) is 5.95 Å². The van der Waals surface area contributed by atoms with Gasteiger partial charge in [0, 0.05) is 19.7 Å². The summed E-state index contributed by atoms with van der Waals surface area (Å²) >= 11 is 4.81. The number of hydrogen-bond acceptors (Lipinski definition) is 3. The van der Waals surface area contributed by atoms with E-state index in [1.54, 1.807) is 7.05 Å². The lowest BCUT2D eigenvalue weighted by atomic mass is 10.3. The minimum Gasteiger partial charge on any atom is -0.353 e. The Kier molecular flexibility index (Phi) is 3.91. The van der Waals surface area contributed by atoms with E-state index in [9.17, 15) is 13.2 Å². The molecule has 96 valence electrons. The van der Waals surface area contributed by atoms with E-state index in [1.807, 2.05) is 11.4 Å². The maximum atomic E-state index is 13.5. The topological polar surface area (TPSA) is 16.1 Å². The van der Waals surface area contributed by atoms with Crippen LogP contribution < -0.4 is 4.90 Å². The monoisotopic (exact) mass is 336 g/mol. The number of hydrogen-bond donors (Lipinski definition) is 0. The molecule has 0 amide bonds. The Bertz CT molecular complexity index is 573. The Balaban J connectivity index is 2.23. The lowest BCUT2D eigenvalue weighted by Crippen LogP contribution is -2.19. The second-order valence-electron chi connectivity index (χ2n) is 3.68. The predicted octanol–water partition coefficient (Wildman–Crippen LogP) is 3.96. The van der Waals surface area contributed by atoms with Crippen LogP contribution in [0.15, 0.2) is 21.3 Å². The minimum atomic E-state index is -1.30. The molecule has 0 unspecified atom stereocenters. The summed E-state index contributed by atoms with van der Waals surface area (Å²) in [6.45, 7) is 0.358. The Labute approximate surface area is 114 Å². The molecule has 0 fully saturated rings. The number of halogens is 4. The van der Waals surface area contributed by atoms with Crippen LogP contribution in [0.2, 0.25) is 0 Å². The van der Waals surface area contributed by atoms with Gasteiger partial charge < -0.3 is 4.90 Å². The van der Waals surface area contributed by atoms with Gasteiger partial charge in [-0.3, -0.25) is 0 Å². The molecule has 18 heavy (non-hydrogen) atoms. The average molecular weight is 337 g/mol. The highest BCUT2D eigenvalue weighted by molar-refractivity contribution is 9.11. The van der Waals surface area contributed by atoms with Crippen molar-refractivity contribution in [1.82, 2.24) is 4.98 Å². The summed E-state index contributed by atoms with van der Waals surface area (Å²) in [6.07, 6.45) is 0. The van der Waals surface area contributed by atoms with Crippen molar-refractivity contribution in [1.29, 1.82) is 0 Å². The molecule has 0 aliphatic rings. The minimum absolute atomic E-state index is 0.212. The average Bonchev–Trinajstić information content (AvgIpc) is 2.69. The van der Waals surface area contributed by atoms with Gasteiger partial charge >= 0.3 is 0 Å². The highest BCUT2D eigenvalue weighted by Crippen LogP contribution is 2.24. The maximum absolute atomic E-state index is 13.5. The molecule has 2 aromatic rings. The van der Waals surface area contributed by atoms with Crippen molar-refractivity contribution in [3.8, 4) is 0 Å². The summed E-state index contributed by atoms with van der Waals surface area (Å²) in [5, 5.41) is 1.89. The lowest BCUT2D eigenvalue weighted by Gasteiger charge is -2.18. The molecule has 0 saturated carbocycles. The number of anilines is 1. The number of rotatable bonds is 3. The lowest BCUT2D eigenvalue weighted by molar-refractivity contribution is 0.463. The van der Waals surface area contributed by atoms with Crippen LogP contribution in [-0.2, 0) is 6.54 Å². The third-order valence-electron chi connectivity index (χ3n) is 2.27. The summed E-state index contributed by atoms with van der Waals surface area (Å²) in [7, 11) is 1.56. The maximum Gasteiger partial charge on any atom is 0.251 e.